The van der Waals surface area contributed by atoms with E-state index in [-0.39, 0.29) is 17.6 Å². The zero-order valence-corrected chi connectivity index (χ0v) is 38.1. The molecule has 0 radical (unpaired) electrons. The Morgan fingerprint density at radius 3 is 2.04 bits per heavy atom. The minimum absolute atomic E-state index is 0.0594. The third-order valence-electron chi connectivity index (χ3n) is 10.3. The third kappa shape index (κ3) is 14.3. The van der Waals surface area contributed by atoms with E-state index in [9.17, 15) is 19.5 Å². The predicted molar refractivity (Wildman–Crippen MR) is 229 cm³/mol. The SMILES string of the molecule is CCC(C)C(C)(C)C.COC(=O)c1cc2c(s1)c(/C(=C/c1c(C)cc(CN(C)C(C)C(C)(C)C)cc1CCC(C)(C)O)CC(C)=O)nn2C(=O)OC(C)(C)C. The summed E-state index contributed by atoms with van der Waals surface area (Å²) in [6, 6.07) is 6.28. The molecular formula is C45H71N3O6S. The summed E-state index contributed by atoms with van der Waals surface area (Å²) in [4.78, 5) is 41.2. The molecule has 0 fully saturated rings. The van der Waals surface area contributed by atoms with E-state index < -0.39 is 23.3 Å². The number of carbonyl (C=O) groups excluding carboxylic acids is 3. The second-order valence-electron chi connectivity index (χ2n) is 19.0. The van der Waals surface area contributed by atoms with Crippen LogP contribution in [0.25, 0.3) is 21.9 Å². The van der Waals surface area contributed by atoms with Crippen molar-refractivity contribution in [3.63, 3.8) is 0 Å². The van der Waals surface area contributed by atoms with Crippen molar-refractivity contribution >= 4 is 51.0 Å². The Kier molecular flexibility index (Phi) is 16.3. The van der Waals surface area contributed by atoms with Gasteiger partial charge in [-0.05, 0) is 132 Å². The number of fused-ring (bicyclic) bond motifs is 1. The molecule has 55 heavy (non-hydrogen) atoms. The van der Waals surface area contributed by atoms with Crippen LogP contribution in [0.2, 0.25) is 0 Å². The zero-order chi connectivity index (χ0) is 42.4. The normalized spacial score (nSPS) is 14.1. The molecule has 1 N–H and O–H groups in total. The number of aryl methyl sites for hydroxylation is 2. The summed E-state index contributed by atoms with van der Waals surface area (Å²) in [7, 11) is 3.44. The lowest BCUT2D eigenvalue weighted by Gasteiger charge is -2.35. The Labute approximate surface area is 335 Å². The van der Waals surface area contributed by atoms with E-state index in [0.29, 0.717) is 50.7 Å². The molecule has 0 aliphatic carbocycles. The minimum atomic E-state index is -0.871. The number of nitrogens with zero attached hydrogens (tertiary/aromatic N) is 3. The molecule has 0 aliphatic rings. The van der Waals surface area contributed by atoms with Crippen LogP contribution in [0.1, 0.15) is 161 Å². The van der Waals surface area contributed by atoms with Crippen molar-refractivity contribution in [3.05, 3.63) is 51.0 Å². The summed E-state index contributed by atoms with van der Waals surface area (Å²) in [5.41, 5.74) is 4.58. The maximum Gasteiger partial charge on any atom is 0.435 e. The molecule has 2 aromatic heterocycles. The van der Waals surface area contributed by atoms with Gasteiger partial charge in [-0.2, -0.15) is 9.78 Å². The third-order valence-corrected chi connectivity index (χ3v) is 11.5. The fraction of sp³-hybridized carbons (Fsp3) is 0.644. The van der Waals surface area contributed by atoms with Crippen molar-refractivity contribution in [2.75, 3.05) is 14.2 Å². The van der Waals surface area contributed by atoms with Gasteiger partial charge in [0.05, 0.1) is 22.9 Å². The molecule has 0 spiro atoms. The number of rotatable bonds is 12. The van der Waals surface area contributed by atoms with Crippen LogP contribution in [0.5, 0.6) is 0 Å². The van der Waals surface area contributed by atoms with Gasteiger partial charge < -0.3 is 14.6 Å². The summed E-state index contributed by atoms with van der Waals surface area (Å²) in [6.07, 6.45) is 3.79. The molecule has 0 amide bonds. The van der Waals surface area contributed by atoms with Gasteiger partial charge >= 0.3 is 12.1 Å². The van der Waals surface area contributed by atoms with Crippen LogP contribution >= 0.6 is 11.3 Å². The average Bonchev–Trinajstić information content (AvgIpc) is 3.61. The van der Waals surface area contributed by atoms with Gasteiger partial charge in [0.15, 0.2) is 0 Å². The van der Waals surface area contributed by atoms with Crippen molar-refractivity contribution < 1.29 is 29.0 Å². The Morgan fingerprint density at radius 2 is 1.58 bits per heavy atom. The molecule has 10 heteroatoms. The fourth-order valence-electron chi connectivity index (χ4n) is 6.00. The molecule has 1 aromatic carbocycles. The number of thiophene rings is 1. The number of allylic oxidation sites excluding steroid dienone is 1. The second kappa shape index (κ2) is 18.7. The number of esters is 1. The maximum absolute atomic E-state index is 13.3. The Morgan fingerprint density at radius 1 is 0.982 bits per heavy atom. The molecule has 9 nitrogen and oxygen atoms in total. The minimum Gasteiger partial charge on any atom is -0.465 e. The molecule has 2 atom stereocenters. The second-order valence-corrected chi connectivity index (χ2v) is 20.1. The molecule has 2 heterocycles. The standard InChI is InChI=1S/C37H53N3O6S.C8H18/c1-22-16-25(21-39(12)24(3)35(4,5)6)18-26(14-15-37(10,11)44)28(22)19-27(17-23(2)41)31-32-29(20-30(47-32)33(42)45-13)40(38-31)34(43)46-36(7,8)9;1-6-7(2)8(3,4)5/h16,18-20,24,44H,14-15,17,21H2,1-13H3;7H,6H2,1-5H3/b27-19+;. The highest BCUT2D eigenvalue weighted by Crippen LogP contribution is 2.37. The lowest BCUT2D eigenvalue weighted by Crippen LogP contribution is -2.38. The number of methoxy groups -OCH3 is 1. The van der Waals surface area contributed by atoms with E-state index in [0.717, 1.165) is 50.7 Å². The van der Waals surface area contributed by atoms with Crippen LogP contribution in [0.15, 0.2) is 18.2 Å². The summed E-state index contributed by atoms with van der Waals surface area (Å²) < 4.78 is 12.3. The summed E-state index contributed by atoms with van der Waals surface area (Å²) in [5, 5.41) is 15.3. The largest absolute Gasteiger partial charge is 0.465 e. The van der Waals surface area contributed by atoms with Crippen molar-refractivity contribution in [2.45, 2.75) is 160 Å². The van der Waals surface area contributed by atoms with Gasteiger partial charge in [-0.15, -0.1) is 11.3 Å². The number of carbonyl (C=O) groups is 3. The first-order valence-corrected chi connectivity index (χ1v) is 20.4. The highest BCUT2D eigenvalue weighted by Gasteiger charge is 2.28. The molecule has 3 aromatic rings. The molecule has 0 saturated carbocycles. The number of aliphatic hydroxyl groups is 1. The van der Waals surface area contributed by atoms with Gasteiger partial charge in [0, 0.05) is 19.0 Å². The Bertz CT molecular complexity index is 1820. The first kappa shape index (κ1) is 47.8. The van der Waals surface area contributed by atoms with E-state index in [1.54, 1.807) is 40.7 Å². The van der Waals surface area contributed by atoms with Crippen molar-refractivity contribution in [1.29, 1.82) is 0 Å². The number of benzene rings is 1. The number of hydrogen-bond donors (Lipinski definition) is 1. The van der Waals surface area contributed by atoms with Gasteiger partial charge in [-0.3, -0.25) is 9.69 Å². The summed E-state index contributed by atoms with van der Waals surface area (Å²) in [5.74, 6) is 0.240. The maximum atomic E-state index is 13.3. The summed E-state index contributed by atoms with van der Waals surface area (Å²) in [6.45, 7) is 33.6. The first-order valence-electron chi connectivity index (χ1n) is 19.6. The number of ketones is 1. The molecule has 0 saturated heterocycles. The van der Waals surface area contributed by atoms with Crippen LogP contribution in [-0.2, 0) is 27.2 Å². The van der Waals surface area contributed by atoms with Gasteiger partial charge in [-0.1, -0.05) is 73.9 Å². The Balaban J connectivity index is 0.00000117. The van der Waals surface area contributed by atoms with Crippen LogP contribution in [0.4, 0.5) is 4.79 Å². The molecule has 0 bridgehead atoms. The van der Waals surface area contributed by atoms with Crippen LogP contribution in [0.3, 0.4) is 0 Å². The molecule has 0 aliphatic heterocycles. The molecule has 3 rings (SSSR count). The van der Waals surface area contributed by atoms with E-state index in [1.807, 2.05) is 6.08 Å². The van der Waals surface area contributed by atoms with Crippen molar-refractivity contribution in [1.82, 2.24) is 14.7 Å². The van der Waals surface area contributed by atoms with Crippen molar-refractivity contribution in [3.8, 4) is 0 Å². The van der Waals surface area contributed by atoms with Gasteiger partial charge in [0.1, 0.15) is 22.0 Å². The van der Waals surface area contributed by atoms with Crippen LogP contribution in [-0.4, -0.2) is 69.0 Å². The topological polar surface area (TPSA) is 111 Å². The average molecular weight is 782 g/mol. The monoisotopic (exact) mass is 782 g/mol. The number of hydrogen-bond acceptors (Lipinski definition) is 9. The number of aromatic nitrogens is 2. The lowest BCUT2D eigenvalue weighted by molar-refractivity contribution is -0.116. The van der Waals surface area contributed by atoms with Gasteiger partial charge in [0.25, 0.3) is 0 Å². The molecule has 308 valence electrons. The van der Waals surface area contributed by atoms with E-state index >= 15 is 0 Å². The highest BCUT2D eigenvalue weighted by molar-refractivity contribution is 7.21. The van der Waals surface area contributed by atoms with Crippen molar-refractivity contribution in [2.24, 2.45) is 16.7 Å². The van der Waals surface area contributed by atoms with E-state index in [4.69, 9.17) is 9.47 Å². The summed E-state index contributed by atoms with van der Waals surface area (Å²) >= 11 is 1.16. The zero-order valence-electron chi connectivity index (χ0n) is 37.2. The van der Waals surface area contributed by atoms with Gasteiger partial charge in [0.2, 0.25) is 0 Å². The fourth-order valence-corrected chi connectivity index (χ4v) is 7.08. The van der Waals surface area contributed by atoms with Gasteiger partial charge in [-0.25, -0.2) is 9.59 Å². The molecular weight excluding hydrogens is 711 g/mol. The number of ether oxygens (including phenoxy) is 2. The first-order chi connectivity index (χ1) is 25.0. The predicted octanol–water partition coefficient (Wildman–Crippen LogP) is 11.1. The Hall–Kier alpha value is -3.34. The molecule has 2 unspecified atom stereocenters. The van der Waals surface area contributed by atoms with E-state index in [1.165, 1.54) is 20.5 Å². The van der Waals surface area contributed by atoms with E-state index in [2.05, 4.69) is 98.4 Å². The quantitative estimate of drug-likeness (QED) is 0.181. The van der Waals surface area contributed by atoms with Crippen LogP contribution < -0.4 is 0 Å². The highest BCUT2D eigenvalue weighted by atomic mass is 32.1. The lowest BCUT2D eigenvalue weighted by atomic mass is 9.81. The number of Topliss-reactive ketones (excluding diaryl/α,β-unsaturated/α-hetero) is 1. The smallest absolute Gasteiger partial charge is 0.435 e. The van der Waals surface area contributed by atoms with Crippen LogP contribution in [0, 0.1) is 23.7 Å².